The molecule has 1 rings (SSSR count). The number of carbonyl (C=O) groups excluding carboxylic acids is 1. The fraction of sp³-hybridized carbons (Fsp3) is 0.562. The van der Waals surface area contributed by atoms with Gasteiger partial charge < -0.3 is 5.32 Å². The summed E-state index contributed by atoms with van der Waals surface area (Å²) < 4.78 is 25.4. The molecule has 1 aromatic rings. The molecule has 0 unspecified atom stereocenters. The molecule has 124 valence electrons. The van der Waals surface area contributed by atoms with Crippen LogP contribution >= 0.6 is 0 Å². The predicted octanol–water partition coefficient (Wildman–Crippen LogP) is 2.18. The van der Waals surface area contributed by atoms with Gasteiger partial charge in [-0.05, 0) is 30.9 Å². The van der Waals surface area contributed by atoms with E-state index in [0.29, 0.717) is 18.0 Å². The third-order valence-electron chi connectivity index (χ3n) is 3.72. The molecule has 1 amide bonds. The zero-order chi connectivity index (χ0) is 16.9. The van der Waals surface area contributed by atoms with Crippen molar-refractivity contribution in [1.29, 1.82) is 0 Å². The Bertz CT molecular complexity index is 612. The fourth-order valence-electron chi connectivity index (χ4n) is 2.03. The Kier molecular flexibility index (Phi) is 6.41. The molecule has 6 heteroatoms. The third-order valence-corrected chi connectivity index (χ3v) is 4.84. The molecule has 5 nitrogen and oxygen atoms in total. The van der Waals surface area contributed by atoms with Crippen LogP contribution in [0.25, 0.3) is 0 Å². The second-order valence-electron chi connectivity index (χ2n) is 5.85. The van der Waals surface area contributed by atoms with Crippen molar-refractivity contribution in [2.75, 3.05) is 17.1 Å². The number of rotatable bonds is 7. The van der Waals surface area contributed by atoms with Crippen LogP contribution in [0.5, 0.6) is 0 Å². The first-order valence-corrected chi connectivity index (χ1v) is 9.36. The second-order valence-corrected chi connectivity index (χ2v) is 7.76. The molecule has 1 N–H and O–H groups in total. The van der Waals surface area contributed by atoms with E-state index in [2.05, 4.69) is 5.32 Å². The van der Waals surface area contributed by atoms with Crippen molar-refractivity contribution in [2.24, 2.45) is 5.92 Å². The number of aryl methyl sites for hydroxylation is 1. The number of sulfonamides is 1. The minimum Gasteiger partial charge on any atom is -0.352 e. The lowest BCUT2D eigenvalue weighted by molar-refractivity contribution is -0.120. The average molecular weight is 326 g/mol. The van der Waals surface area contributed by atoms with Gasteiger partial charge in [-0.3, -0.25) is 9.10 Å². The van der Waals surface area contributed by atoms with Crippen molar-refractivity contribution in [2.45, 2.75) is 40.2 Å². The summed E-state index contributed by atoms with van der Waals surface area (Å²) in [5, 5.41) is 2.84. The van der Waals surface area contributed by atoms with Crippen LogP contribution in [0.4, 0.5) is 5.69 Å². The number of anilines is 1. The Hall–Kier alpha value is -1.56. The van der Waals surface area contributed by atoms with Crippen LogP contribution in [0.3, 0.4) is 0 Å². The molecular formula is C16H26N2O3S. The van der Waals surface area contributed by atoms with Gasteiger partial charge in [0.1, 0.15) is 6.54 Å². The van der Waals surface area contributed by atoms with Crippen molar-refractivity contribution in [3.63, 3.8) is 0 Å². The molecule has 0 aliphatic rings. The lowest BCUT2D eigenvalue weighted by Crippen LogP contribution is -2.44. The Morgan fingerprint density at radius 1 is 1.23 bits per heavy atom. The van der Waals surface area contributed by atoms with Crippen LogP contribution in [-0.4, -0.2) is 33.2 Å². The number of nitrogens with zero attached hydrogens (tertiary/aromatic N) is 1. The van der Waals surface area contributed by atoms with E-state index in [0.717, 1.165) is 11.8 Å². The van der Waals surface area contributed by atoms with Crippen molar-refractivity contribution in [1.82, 2.24) is 5.32 Å². The van der Waals surface area contributed by atoms with Gasteiger partial charge in [0.25, 0.3) is 0 Å². The molecule has 0 heterocycles. The largest absolute Gasteiger partial charge is 0.352 e. The minimum atomic E-state index is -3.53. The van der Waals surface area contributed by atoms with E-state index in [9.17, 15) is 13.2 Å². The van der Waals surface area contributed by atoms with Crippen LogP contribution in [0.2, 0.25) is 0 Å². The summed E-state index contributed by atoms with van der Waals surface area (Å²) in [5.41, 5.74) is 1.47. The van der Waals surface area contributed by atoms with E-state index in [1.54, 1.807) is 12.1 Å². The summed E-state index contributed by atoms with van der Waals surface area (Å²) >= 11 is 0. The van der Waals surface area contributed by atoms with Crippen LogP contribution in [-0.2, 0) is 21.2 Å². The summed E-state index contributed by atoms with van der Waals surface area (Å²) in [4.78, 5) is 12.2. The van der Waals surface area contributed by atoms with Gasteiger partial charge in [-0.25, -0.2) is 8.42 Å². The number of nitrogens with one attached hydrogen (secondary N) is 1. The van der Waals surface area contributed by atoms with E-state index >= 15 is 0 Å². The molecule has 0 aliphatic heterocycles. The van der Waals surface area contributed by atoms with E-state index in [1.165, 1.54) is 4.31 Å². The van der Waals surface area contributed by atoms with E-state index in [1.807, 2.05) is 39.8 Å². The molecule has 0 saturated heterocycles. The summed E-state index contributed by atoms with van der Waals surface area (Å²) in [6, 6.07) is 7.25. The number of hydrogen-bond donors (Lipinski definition) is 1. The van der Waals surface area contributed by atoms with Crippen LogP contribution < -0.4 is 9.62 Å². The number of carbonyl (C=O) groups is 1. The molecule has 0 spiro atoms. The monoisotopic (exact) mass is 326 g/mol. The first kappa shape index (κ1) is 18.5. The Morgan fingerprint density at radius 3 is 2.32 bits per heavy atom. The summed E-state index contributed by atoms with van der Waals surface area (Å²) in [5.74, 6) is -0.00362. The molecule has 1 aromatic carbocycles. The molecular weight excluding hydrogens is 300 g/mol. The number of amides is 1. The van der Waals surface area contributed by atoms with Crippen LogP contribution in [0.15, 0.2) is 24.3 Å². The highest BCUT2D eigenvalue weighted by Gasteiger charge is 2.23. The topological polar surface area (TPSA) is 66.5 Å². The van der Waals surface area contributed by atoms with Gasteiger partial charge in [0, 0.05) is 6.04 Å². The fourth-order valence-corrected chi connectivity index (χ4v) is 2.92. The minimum absolute atomic E-state index is 0.00432. The zero-order valence-electron chi connectivity index (χ0n) is 14.0. The smallest absolute Gasteiger partial charge is 0.240 e. The highest BCUT2D eigenvalue weighted by atomic mass is 32.2. The Labute approximate surface area is 133 Å². The maximum absolute atomic E-state index is 12.2. The highest BCUT2D eigenvalue weighted by Crippen LogP contribution is 2.23. The van der Waals surface area contributed by atoms with E-state index in [4.69, 9.17) is 0 Å². The van der Waals surface area contributed by atoms with Crippen molar-refractivity contribution >= 4 is 21.6 Å². The van der Waals surface area contributed by atoms with Gasteiger partial charge in [0.05, 0.1) is 11.9 Å². The summed E-state index contributed by atoms with van der Waals surface area (Å²) in [6.07, 6.45) is 1.82. The van der Waals surface area contributed by atoms with Crippen LogP contribution in [0.1, 0.15) is 33.3 Å². The van der Waals surface area contributed by atoms with Crippen molar-refractivity contribution in [3.05, 3.63) is 29.8 Å². The Morgan fingerprint density at radius 2 is 1.82 bits per heavy atom. The maximum atomic E-state index is 12.2. The quantitative estimate of drug-likeness (QED) is 0.835. The highest BCUT2D eigenvalue weighted by molar-refractivity contribution is 7.92. The van der Waals surface area contributed by atoms with Crippen molar-refractivity contribution in [3.8, 4) is 0 Å². The molecule has 0 aliphatic carbocycles. The van der Waals surface area contributed by atoms with Gasteiger partial charge in [-0.2, -0.15) is 0 Å². The van der Waals surface area contributed by atoms with Gasteiger partial charge in [-0.1, -0.05) is 39.0 Å². The van der Waals surface area contributed by atoms with Gasteiger partial charge in [0.2, 0.25) is 15.9 Å². The standard InChI is InChI=1S/C16H26N2O3S/c1-6-14-9-7-8-10-15(14)18(22(5,20)21)11-16(19)17-13(4)12(2)3/h7-10,12-13H,6,11H2,1-5H3,(H,17,19)/t13-/m0/s1. The third kappa shape index (κ3) is 5.02. The van der Waals surface area contributed by atoms with E-state index < -0.39 is 10.0 Å². The maximum Gasteiger partial charge on any atom is 0.240 e. The number of hydrogen-bond acceptors (Lipinski definition) is 3. The predicted molar refractivity (Wildman–Crippen MR) is 90.5 cm³/mol. The molecule has 0 bridgehead atoms. The molecule has 1 atom stereocenters. The zero-order valence-corrected chi connectivity index (χ0v) is 14.8. The van der Waals surface area contributed by atoms with Gasteiger partial charge in [0.15, 0.2) is 0 Å². The molecule has 0 aromatic heterocycles. The van der Waals surface area contributed by atoms with Crippen molar-refractivity contribution < 1.29 is 13.2 Å². The molecule has 0 radical (unpaired) electrons. The second kappa shape index (κ2) is 7.63. The first-order valence-electron chi connectivity index (χ1n) is 7.51. The molecule has 0 fully saturated rings. The lowest BCUT2D eigenvalue weighted by Gasteiger charge is -2.25. The normalized spacial score (nSPS) is 13.0. The summed E-state index contributed by atoms with van der Waals surface area (Å²) in [7, 11) is -3.53. The molecule has 0 saturated carbocycles. The molecule has 22 heavy (non-hydrogen) atoms. The summed E-state index contributed by atoms with van der Waals surface area (Å²) in [6.45, 7) is 7.68. The average Bonchev–Trinajstić information content (AvgIpc) is 2.43. The SMILES string of the molecule is CCc1ccccc1N(CC(=O)N[C@@H](C)C(C)C)S(C)(=O)=O. The van der Waals surface area contributed by atoms with Gasteiger partial charge in [-0.15, -0.1) is 0 Å². The Balaban J connectivity index is 3.04. The lowest BCUT2D eigenvalue weighted by atomic mass is 10.1. The number of para-hydroxylation sites is 1. The van der Waals surface area contributed by atoms with Gasteiger partial charge >= 0.3 is 0 Å². The number of benzene rings is 1. The van der Waals surface area contributed by atoms with E-state index in [-0.39, 0.29) is 18.5 Å². The van der Waals surface area contributed by atoms with Crippen LogP contribution in [0, 0.1) is 5.92 Å². The first-order chi connectivity index (χ1) is 10.2.